The van der Waals surface area contributed by atoms with Crippen LogP contribution in [0.1, 0.15) is 22.3 Å². The Labute approximate surface area is 190 Å². The Hall–Kier alpha value is -3.21. The Morgan fingerprint density at radius 1 is 0.625 bits per heavy atom. The molecule has 0 bridgehead atoms. The SMILES string of the molecule is Cc1cc(C)c(-c2cc(S(=O)(=O)O)c(-c3ccccc3)c(-c3ccccc3)c2C)c(C)c1. The molecular formula is C28H26O3S. The molecule has 0 radical (unpaired) electrons. The summed E-state index contributed by atoms with van der Waals surface area (Å²) in [6, 6.07) is 25.0. The molecule has 32 heavy (non-hydrogen) atoms. The first kappa shape index (κ1) is 22.0. The van der Waals surface area contributed by atoms with E-state index in [2.05, 4.69) is 12.1 Å². The zero-order chi connectivity index (χ0) is 23.0. The van der Waals surface area contributed by atoms with E-state index in [4.69, 9.17) is 0 Å². The Morgan fingerprint density at radius 3 is 1.56 bits per heavy atom. The summed E-state index contributed by atoms with van der Waals surface area (Å²) in [5.41, 5.74) is 9.03. The molecule has 162 valence electrons. The third-order valence-electron chi connectivity index (χ3n) is 5.90. The van der Waals surface area contributed by atoms with Crippen molar-refractivity contribution in [1.82, 2.24) is 0 Å². The smallest absolute Gasteiger partial charge is 0.282 e. The molecule has 0 atom stereocenters. The number of rotatable bonds is 4. The first-order valence-corrected chi connectivity index (χ1v) is 12.0. The average Bonchev–Trinajstić information content (AvgIpc) is 2.74. The largest absolute Gasteiger partial charge is 0.295 e. The van der Waals surface area contributed by atoms with Gasteiger partial charge in [0.05, 0.1) is 0 Å². The first-order valence-electron chi connectivity index (χ1n) is 10.5. The fraction of sp³-hybridized carbons (Fsp3) is 0.143. The highest BCUT2D eigenvalue weighted by molar-refractivity contribution is 7.86. The van der Waals surface area contributed by atoms with Crippen molar-refractivity contribution < 1.29 is 13.0 Å². The second-order valence-corrected chi connectivity index (χ2v) is 9.67. The Bertz CT molecular complexity index is 1380. The van der Waals surface area contributed by atoms with Crippen LogP contribution in [0.15, 0.2) is 83.8 Å². The summed E-state index contributed by atoms with van der Waals surface area (Å²) < 4.78 is 35.7. The van der Waals surface area contributed by atoms with Crippen LogP contribution in [0.4, 0.5) is 0 Å². The minimum atomic E-state index is -4.49. The second kappa shape index (κ2) is 8.38. The number of hydrogen-bond donors (Lipinski definition) is 1. The summed E-state index contributed by atoms with van der Waals surface area (Å²) in [7, 11) is -4.49. The van der Waals surface area contributed by atoms with Gasteiger partial charge in [-0.3, -0.25) is 4.55 Å². The maximum atomic E-state index is 12.7. The number of benzene rings is 4. The number of hydrogen-bond acceptors (Lipinski definition) is 2. The van der Waals surface area contributed by atoms with Crippen LogP contribution in [0.5, 0.6) is 0 Å². The highest BCUT2D eigenvalue weighted by Gasteiger charge is 2.26. The van der Waals surface area contributed by atoms with Crippen molar-refractivity contribution in [3.05, 3.63) is 101 Å². The van der Waals surface area contributed by atoms with Gasteiger partial charge in [-0.1, -0.05) is 78.4 Å². The molecule has 0 unspecified atom stereocenters. The highest BCUT2D eigenvalue weighted by atomic mass is 32.2. The Kier molecular flexibility index (Phi) is 5.76. The lowest BCUT2D eigenvalue weighted by Crippen LogP contribution is -2.06. The van der Waals surface area contributed by atoms with Gasteiger partial charge in [0.1, 0.15) is 4.90 Å². The molecule has 0 heterocycles. The van der Waals surface area contributed by atoms with Crippen LogP contribution >= 0.6 is 0 Å². The highest BCUT2D eigenvalue weighted by Crippen LogP contribution is 2.45. The van der Waals surface area contributed by atoms with Gasteiger partial charge in [0, 0.05) is 5.56 Å². The summed E-state index contributed by atoms with van der Waals surface area (Å²) in [5.74, 6) is 0. The van der Waals surface area contributed by atoms with E-state index in [9.17, 15) is 13.0 Å². The van der Waals surface area contributed by atoms with Crippen molar-refractivity contribution in [1.29, 1.82) is 0 Å². The standard InChI is InChI=1S/C28H26O3S/c1-18-15-19(2)26(20(3)16-18)24-17-25(32(29,30)31)28(23-13-9-6-10-14-23)27(21(24)4)22-11-7-5-8-12-22/h5-17H,1-4H3,(H,29,30,31). The quantitative estimate of drug-likeness (QED) is 0.341. The van der Waals surface area contributed by atoms with Gasteiger partial charge in [-0.15, -0.1) is 0 Å². The third-order valence-corrected chi connectivity index (χ3v) is 6.78. The van der Waals surface area contributed by atoms with Gasteiger partial charge >= 0.3 is 0 Å². The molecule has 1 N–H and O–H groups in total. The molecule has 3 nitrogen and oxygen atoms in total. The molecular weight excluding hydrogens is 416 g/mol. The second-order valence-electron chi connectivity index (χ2n) is 8.28. The van der Waals surface area contributed by atoms with Crippen LogP contribution in [0.2, 0.25) is 0 Å². The van der Waals surface area contributed by atoms with Gasteiger partial charge in [0.25, 0.3) is 10.1 Å². The molecule has 0 saturated heterocycles. The van der Waals surface area contributed by atoms with E-state index in [1.807, 2.05) is 88.4 Å². The van der Waals surface area contributed by atoms with Crippen LogP contribution in [-0.2, 0) is 10.1 Å². The maximum Gasteiger partial charge on any atom is 0.295 e. The van der Waals surface area contributed by atoms with Gasteiger partial charge in [-0.05, 0) is 78.3 Å². The minimum absolute atomic E-state index is 0.0810. The lowest BCUT2D eigenvalue weighted by molar-refractivity contribution is 0.483. The molecule has 4 rings (SSSR count). The van der Waals surface area contributed by atoms with Crippen LogP contribution in [0.3, 0.4) is 0 Å². The lowest BCUT2D eigenvalue weighted by atomic mass is 9.84. The molecule has 0 aliphatic rings. The topological polar surface area (TPSA) is 54.4 Å². The molecule has 0 aromatic heterocycles. The third kappa shape index (κ3) is 3.99. The van der Waals surface area contributed by atoms with Gasteiger partial charge in [-0.25, -0.2) is 0 Å². The molecule has 0 amide bonds. The van der Waals surface area contributed by atoms with Crippen LogP contribution in [0, 0.1) is 27.7 Å². The summed E-state index contributed by atoms with van der Waals surface area (Å²) in [4.78, 5) is -0.0810. The predicted octanol–water partition coefficient (Wildman–Crippen LogP) is 7.17. The first-order chi connectivity index (χ1) is 15.2. The van der Waals surface area contributed by atoms with E-state index < -0.39 is 10.1 Å². The monoisotopic (exact) mass is 442 g/mol. The van der Waals surface area contributed by atoms with Crippen LogP contribution < -0.4 is 0 Å². The van der Waals surface area contributed by atoms with Gasteiger partial charge in [0.15, 0.2) is 0 Å². The van der Waals surface area contributed by atoms with E-state index >= 15 is 0 Å². The molecule has 0 aliphatic carbocycles. The molecule has 4 aromatic rings. The van der Waals surface area contributed by atoms with Crippen molar-refractivity contribution in [2.45, 2.75) is 32.6 Å². The summed E-state index contributed by atoms with van der Waals surface area (Å²) >= 11 is 0. The molecule has 0 fully saturated rings. The normalized spacial score (nSPS) is 11.5. The van der Waals surface area contributed by atoms with E-state index in [1.165, 1.54) is 0 Å². The zero-order valence-corrected chi connectivity index (χ0v) is 19.5. The summed E-state index contributed by atoms with van der Waals surface area (Å²) in [5, 5.41) is 0. The zero-order valence-electron chi connectivity index (χ0n) is 18.7. The van der Waals surface area contributed by atoms with E-state index in [0.29, 0.717) is 5.56 Å². The van der Waals surface area contributed by atoms with Crippen molar-refractivity contribution >= 4 is 10.1 Å². The average molecular weight is 443 g/mol. The predicted molar refractivity (Wildman–Crippen MR) is 132 cm³/mol. The van der Waals surface area contributed by atoms with E-state index in [0.717, 1.165) is 50.1 Å². The molecule has 0 aliphatic heterocycles. The van der Waals surface area contributed by atoms with Crippen molar-refractivity contribution in [3.8, 4) is 33.4 Å². The van der Waals surface area contributed by atoms with E-state index in [-0.39, 0.29) is 4.90 Å². The minimum Gasteiger partial charge on any atom is -0.282 e. The molecule has 0 spiro atoms. The van der Waals surface area contributed by atoms with Crippen molar-refractivity contribution in [2.24, 2.45) is 0 Å². The van der Waals surface area contributed by atoms with Crippen LogP contribution in [0.25, 0.3) is 33.4 Å². The maximum absolute atomic E-state index is 12.7. The fourth-order valence-electron chi connectivity index (χ4n) is 4.68. The lowest BCUT2D eigenvalue weighted by Gasteiger charge is -2.22. The van der Waals surface area contributed by atoms with Gasteiger partial charge < -0.3 is 0 Å². The van der Waals surface area contributed by atoms with Gasteiger partial charge in [-0.2, -0.15) is 8.42 Å². The Balaban J connectivity index is 2.22. The number of aryl methyl sites for hydroxylation is 3. The van der Waals surface area contributed by atoms with Crippen molar-refractivity contribution in [3.63, 3.8) is 0 Å². The Morgan fingerprint density at radius 2 is 1.09 bits per heavy atom. The molecule has 4 aromatic carbocycles. The summed E-state index contributed by atoms with van der Waals surface area (Å²) in [6.45, 7) is 8.15. The molecule has 4 heteroatoms. The summed E-state index contributed by atoms with van der Waals surface area (Å²) in [6.07, 6.45) is 0. The fourth-order valence-corrected chi connectivity index (χ4v) is 5.43. The molecule has 0 saturated carbocycles. The van der Waals surface area contributed by atoms with E-state index in [1.54, 1.807) is 6.07 Å². The van der Waals surface area contributed by atoms with Crippen LogP contribution in [-0.4, -0.2) is 13.0 Å². The van der Waals surface area contributed by atoms with Crippen molar-refractivity contribution in [2.75, 3.05) is 0 Å². The van der Waals surface area contributed by atoms with Gasteiger partial charge in [0.2, 0.25) is 0 Å².